The number of urea groups is 1. The Balaban J connectivity index is 2.61. The molecule has 3 amide bonds. The van der Waals surface area contributed by atoms with Crippen molar-refractivity contribution in [2.45, 2.75) is 44.7 Å². The zero-order valence-electron chi connectivity index (χ0n) is 10.3. The number of carbonyl (C=O) groups excluding carboxylic acids is 2. The van der Waals surface area contributed by atoms with E-state index in [1.165, 1.54) is 12.8 Å². The highest BCUT2D eigenvalue weighted by Crippen LogP contribution is 2.24. The van der Waals surface area contributed by atoms with Gasteiger partial charge in [-0.2, -0.15) is 0 Å². The molecule has 0 radical (unpaired) electrons. The van der Waals surface area contributed by atoms with Crippen molar-refractivity contribution in [1.29, 1.82) is 0 Å². The van der Waals surface area contributed by atoms with Crippen LogP contribution in [-0.4, -0.2) is 42.0 Å². The Hall–Kier alpha value is -1.14. The first-order valence-corrected chi connectivity index (χ1v) is 6.12. The molecule has 98 valence electrons. The van der Waals surface area contributed by atoms with Gasteiger partial charge in [-0.3, -0.25) is 15.0 Å². The van der Waals surface area contributed by atoms with Gasteiger partial charge in [-0.15, -0.1) is 0 Å². The van der Waals surface area contributed by atoms with Crippen LogP contribution in [0, 0.1) is 0 Å². The average Bonchev–Trinajstić information content (AvgIpc) is 2.77. The lowest BCUT2D eigenvalue weighted by Crippen LogP contribution is -2.52. The quantitative estimate of drug-likeness (QED) is 0.620. The van der Waals surface area contributed by atoms with E-state index in [2.05, 4.69) is 10.2 Å². The van der Waals surface area contributed by atoms with E-state index in [0.717, 1.165) is 12.8 Å². The molecule has 0 spiro atoms. The maximum atomic E-state index is 11.7. The summed E-state index contributed by atoms with van der Waals surface area (Å²) in [4.78, 5) is 24.5. The second-order valence-corrected chi connectivity index (χ2v) is 4.49. The number of hydrogen-bond donors (Lipinski definition) is 3. The van der Waals surface area contributed by atoms with Gasteiger partial charge < -0.3 is 11.5 Å². The van der Waals surface area contributed by atoms with Crippen LogP contribution in [0.5, 0.6) is 0 Å². The highest BCUT2D eigenvalue weighted by Gasteiger charge is 2.29. The fourth-order valence-electron chi connectivity index (χ4n) is 2.45. The fraction of sp³-hybridized carbons (Fsp3) is 0.818. The van der Waals surface area contributed by atoms with Crippen LogP contribution in [0.25, 0.3) is 0 Å². The van der Waals surface area contributed by atoms with Gasteiger partial charge in [-0.05, 0) is 19.8 Å². The highest BCUT2D eigenvalue weighted by molar-refractivity contribution is 5.96. The molecule has 6 nitrogen and oxygen atoms in total. The molecule has 17 heavy (non-hydrogen) atoms. The number of nitrogens with one attached hydrogen (secondary N) is 1. The van der Waals surface area contributed by atoms with Crippen molar-refractivity contribution in [2.75, 3.05) is 13.1 Å². The van der Waals surface area contributed by atoms with Crippen molar-refractivity contribution in [3.8, 4) is 0 Å². The molecule has 1 aliphatic rings. The molecule has 5 N–H and O–H groups in total. The summed E-state index contributed by atoms with van der Waals surface area (Å²) in [5.74, 6) is -0.349. The van der Waals surface area contributed by atoms with Crippen LogP contribution >= 0.6 is 0 Å². The fourth-order valence-corrected chi connectivity index (χ4v) is 2.45. The van der Waals surface area contributed by atoms with Crippen LogP contribution < -0.4 is 16.8 Å². The summed E-state index contributed by atoms with van der Waals surface area (Å²) in [6.45, 7) is 2.95. The number of nitrogens with zero attached hydrogens (tertiary/aromatic N) is 1. The van der Waals surface area contributed by atoms with Crippen molar-refractivity contribution in [3.05, 3.63) is 0 Å². The van der Waals surface area contributed by atoms with Crippen LogP contribution in [0.15, 0.2) is 0 Å². The molecule has 1 fully saturated rings. The van der Waals surface area contributed by atoms with Crippen molar-refractivity contribution in [1.82, 2.24) is 10.2 Å². The summed E-state index contributed by atoms with van der Waals surface area (Å²) in [5, 5.41) is 2.12. The Morgan fingerprint density at radius 2 is 2.00 bits per heavy atom. The zero-order chi connectivity index (χ0) is 12.8. The lowest BCUT2D eigenvalue weighted by molar-refractivity contribution is -0.125. The minimum atomic E-state index is -0.805. The monoisotopic (exact) mass is 242 g/mol. The molecule has 6 heteroatoms. The van der Waals surface area contributed by atoms with Gasteiger partial charge in [0.1, 0.15) is 0 Å². The molecule has 1 atom stereocenters. The van der Waals surface area contributed by atoms with E-state index in [1.54, 1.807) is 6.92 Å². The zero-order valence-corrected chi connectivity index (χ0v) is 10.3. The first kappa shape index (κ1) is 13.9. The maximum Gasteiger partial charge on any atom is 0.318 e. The average molecular weight is 242 g/mol. The van der Waals surface area contributed by atoms with Gasteiger partial charge in [0.15, 0.2) is 0 Å². The molecular weight excluding hydrogens is 220 g/mol. The summed E-state index contributed by atoms with van der Waals surface area (Å²) in [6.07, 6.45) is 4.56. The van der Waals surface area contributed by atoms with Crippen molar-refractivity contribution >= 4 is 11.9 Å². The van der Waals surface area contributed by atoms with Crippen molar-refractivity contribution < 1.29 is 9.59 Å². The lowest BCUT2D eigenvalue weighted by Gasteiger charge is -2.32. The first-order valence-electron chi connectivity index (χ1n) is 6.12. The number of carbonyl (C=O) groups is 2. The summed E-state index contributed by atoms with van der Waals surface area (Å²) in [6, 6.07) is -0.776. The number of hydrogen-bond acceptors (Lipinski definition) is 4. The Morgan fingerprint density at radius 1 is 1.41 bits per heavy atom. The van der Waals surface area contributed by atoms with E-state index in [9.17, 15) is 9.59 Å². The van der Waals surface area contributed by atoms with Crippen molar-refractivity contribution in [3.63, 3.8) is 0 Å². The van der Waals surface area contributed by atoms with Crippen LogP contribution in [0.3, 0.4) is 0 Å². The minimum Gasteiger partial charge on any atom is -0.351 e. The normalized spacial score (nSPS) is 18.3. The summed E-state index contributed by atoms with van der Waals surface area (Å²) in [5.41, 5.74) is 10.5. The van der Waals surface area contributed by atoms with E-state index >= 15 is 0 Å². The SMILES string of the molecule is CC(C(=O)NC(N)=O)N(CCN)C1CCCC1. The Morgan fingerprint density at radius 3 is 2.47 bits per heavy atom. The smallest absolute Gasteiger partial charge is 0.318 e. The van der Waals surface area contributed by atoms with Crippen LogP contribution in [0.2, 0.25) is 0 Å². The van der Waals surface area contributed by atoms with E-state index < -0.39 is 6.03 Å². The Labute approximate surface area is 102 Å². The van der Waals surface area contributed by atoms with Gasteiger partial charge >= 0.3 is 6.03 Å². The van der Waals surface area contributed by atoms with E-state index in [1.807, 2.05) is 0 Å². The molecule has 0 bridgehead atoms. The minimum absolute atomic E-state index is 0.349. The standard InChI is InChI=1S/C11H22N4O2/c1-8(10(16)14-11(13)17)15(7-6-12)9-4-2-3-5-9/h8-9H,2-7,12H2,1H3,(H3,13,14,16,17). The first-order chi connectivity index (χ1) is 8.06. The van der Waals surface area contributed by atoms with Gasteiger partial charge in [-0.25, -0.2) is 4.79 Å². The second kappa shape index (κ2) is 6.56. The molecule has 0 saturated heterocycles. The number of imide groups is 1. The van der Waals surface area contributed by atoms with E-state index in [-0.39, 0.29) is 11.9 Å². The van der Waals surface area contributed by atoms with Crippen LogP contribution in [-0.2, 0) is 4.79 Å². The molecule has 0 aliphatic heterocycles. The maximum absolute atomic E-state index is 11.7. The molecule has 0 heterocycles. The van der Waals surface area contributed by atoms with Crippen LogP contribution in [0.4, 0.5) is 4.79 Å². The lowest BCUT2D eigenvalue weighted by atomic mass is 10.1. The van der Waals surface area contributed by atoms with E-state index in [0.29, 0.717) is 19.1 Å². The van der Waals surface area contributed by atoms with Gasteiger partial charge in [0, 0.05) is 19.1 Å². The predicted molar refractivity (Wildman–Crippen MR) is 65.2 cm³/mol. The third-order valence-electron chi connectivity index (χ3n) is 3.30. The molecule has 0 aromatic rings. The summed E-state index contributed by atoms with van der Waals surface area (Å²) in [7, 11) is 0. The third-order valence-corrected chi connectivity index (χ3v) is 3.30. The number of nitrogens with two attached hydrogens (primary N) is 2. The van der Waals surface area contributed by atoms with Crippen LogP contribution in [0.1, 0.15) is 32.6 Å². The Kier molecular flexibility index (Phi) is 5.37. The van der Waals surface area contributed by atoms with E-state index in [4.69, 9.17) is 11.5 Å². The number of rotatable bonds is 5. The summed E-state index contributed by atoms with van der Waals surface area (Å²) < 4.78 is 0. The number of primary amides is 1. The van der Waals surface area contributed by atoms with Gasteiger partial charge in [-0.1, -0.05) is 12.8 Å². The highest BCUT2D eigenvalue weighted by atomic mass is 16.2. The molecule has 0 aromatic carbocycles. The Bertz CT molecular complexity index is 277. The second-order valence-electron chi connectivity index (χ2n) is 4.49. The largest absolute Gasteiger partial charge is 0.351 e. The molecule has 1 unspecified atom stereocenters. The molecule has 0 aromatic heterocycles. The molecular formula is C11H22N4O2. The predicted octanol–water partition coefficient (Wildman–Crippen LogP) is -0.227. The molecule has 1 aliphatic carbocycles. The third kappa shape index (κ3) is 3.98. The van der Waals surface area contributed by atoms with Gasteiger partial charge in [0.25, 0.3) is 0 Å². The van der Waals surface area contributed by atoms with Gasteiger partial charge in [0.05, 0.1) is 6.04 Å². The summed E-state index contributed by atoms with van der Waals surface area (Å²) >= 11 is 0. The number of amides is 3. The molecule has 1 rings (SSSR count). The van der Waals surface area contributed by atoms with Gasteiger partial charge in [0.2, 0.25) is 5.91 Å². The molecule has 1 saturated carbocycles. The topological polar surface area (TPSA) is 101 Å². The van der Waals surface area contributed by atoms with Crippen molar-refractivity contribution in [2.24, 2.45) is 11.5 Å².